The van der Waals surface area contributed by atoms with Gasteiger partial charge in [0.05, 0.1) is 11.5 Å². The largest absolute Gasteiger partial charge is 0.197 e. The number of nitriles is 1. The fourth-order valence-electron chi connectivity index (χ4n) is 2.08. The molecular formula is C18H19N. The van der Waals surface area contributed by atoms with Crippen LogP contribution >= 0.6 is 0 Å². The van der Waals surface area contributed by atoms with E-state index in [2.05, 4.69) is 49.4 Å². The number of hydrogen-bond acceptors (Lipinski definition) is 1. The maximum absolute atomic E-state index is 9.14. The molecule has 0 radical (unpaired) electrons. The second-order valence-corrected chi connectivity index (χ2v) is 5.36. The van der Waals surface area contributed by atoms with Crippen LogP contribution in [-0.2, 0) is 11.8 Å². The molecule has 0 fully saturated rings. The molecule has 1 heteroatoms. The Balaban J connectivity index is 2.30. The Morgan fingerprint density at radius 1 is 0.895 bits per heavy atom. The van der Waals surface area contributed by atoms with Crippen molar-refractivity contribution in [1.82, 2.24) is 0 Å². The van der Waals surface area contributed by atoms with Crippen molar-refractivity contribution in [2.45, 2.75) is 32.6 Å². The molecule has 2 aromatic rings. The van der Waals surface area contributed by atoms with E-state index in [4.69, 9.17) is 5.26 Å². The minimum absolute atomic E-state index is 0.426. The minimum Gasteiger partial charge on any atom is -0.197 e. The number of hydrogen-bond donors (Lipinski definition) is 0. The van der Waals surface area contributed by atoms with E-state index in [0.29, 0.717) is 0 Å². The summed E-state index contributed by atoms with van der Waals surface area (Å²) in [6.07, 6.45) is 1.07. The predicted molar refractivity (Wildman–Crippen MR) is 79.9 cm³/mol. The van der Waals surface area contributed by atoms with E-state index in [1.165, 1.54) is 16.7 Å². The van der Waals surface area contributed by atoms with Gasteiger partial charge in [-0.2, -0.15) is 5.26 Å². The first-order valence-corrected chi connectivity index (χ1v) is 6.68. The lowest BCUT2D eigenvalue weighted by Gasteiger charge is -2.16. The van der Waals surface area contributed by atoms with Gasteiger partial charge in [-0.25, -0.2) is 0 Å². The molecule has 0 aromatic heterocycles. The van der Waals surface area contributed by atoms with Gasteiger partial charge in [0.25, 0.3) is 0 Å². The monoisotopic (exact) mass is 249 g/mol. The molecule has 2 aromatic carbocycles. The van der Waals surface area contributed by atoms with Crippen molar-refractivity contribution in [3.8, 4) is 17.2 Å². The topological polar surface area (TPSA) is 23.8 Å². The fourth-order valence-corrected chi connectivity index (χ4v) is 2.08. The molecule has 0 bridgehead atoms. The van der Waals surface area contributed by atoms with Gasteiger partial charge in [-0.05, 0) is 42.5 Å². The third-order valence-electron chi connectivity index (χ3n) is 3.58. The summed E-state index contributed by atoms with van der Waals surface area (Å²) < 4.78 is 0. The molecule has 0 saturated heterocycles. The summed E-state index contributed by atoms with van der Waals surface area (Å²) in [6, 6.07) is 19.3. The molecule has 0 spiro atoms. The predicted octanol–water partition coefficient (Wildman–Crippen LogP) is 4.72. The first-order valence-electron chi connectivity index (χ1n) is 6.68. The van der Waals surface area contributed by atoms with Gasteiger partial charge in [0, 0.05) is 0 Å². The highest BCUT2D eigenvalue weighted by Crippen LogP contribution is 2.26. The van der Waals surface area contributed by atoms with E-state index in [1.807, 2.05) is 26.0 Å². The lowest BCUT2D eigenvalue weighted by molar-refractivity contribution is 0.687. The lowest BCUT2D eigenvalue weighted by Crippen LogP contribution is -2.13. The number of nitrogens with zero attached hydrogens (tertiary/aromatic N) is 1. The summed E-state index contributed by atoms with van der Waals surface area (Å²) in [4.78, 5) is 0. The molecule has 0 atom stereocenters. The first kappa shape index (κ1) is 13.4. The van der Waals surface area contributed by atoms with Crippen LogP contribution in [0.15, 0.2) is 48.5 Å². The van der Waals surface area contributed by atoms with Gasteiger partial charge in [0.2, 0.25) is 0 Å². The van der Waals surface area contributed by atoms with Gasteiger partial charge >= 0.3 is 0 Å². The van der Waals surface area contributed by atoms with E-state index in [1.54, 1.807) is 0 Å². The zero-order chi connectivity index (χ0) is 13.9. The third-order valence-corrected chi connectivity index (χ3v) is 3.58. The maximum atomic E-state index is 9.14. The van der Waals surface area contributed by atoms with Crippen LogP contribution in [0.4, 0.5) is 0 Å². The molecule has 0 amide bonds. The van der Waals surface area contributed by atoms with Crippen molar-refractivity contribution < 1.29 is 0 Å². The normalized spacial score (nSPS) is 11.1. The zero-order valence-electron chi connectivity index (χ0n) is 11.8. The average molecular weight is 249 g/mol. The fraction of sp³-hybridized carbons (Fsp3) is 0.278. The van der Waals surface area contributed by atoms with Crippen molar-refractivity contribution in [2.75, 3.05) is 0 Å². The van der Waals surface area contributed by atoms with Gasteiger partial charge in [-0.1, -0.05) is 55.5 Å². The summed E-state index contributed by atoms with van der Waals surface area (Å²) in [5, 5.41) is 9.14. The molecule has 96 valence electrons. The molecule has 0 unspecified atom stereocenters. The molecule has 1 nitrogen and oxygen atoms in total. The summed E-state index contributed by atoms with van der Waals surface area (Å²) >= 11 is 0. The molecular weight excluding hydrogens is 230 g/mol. The average Bonchev–Trinajstić information content (AvgIpc) is 2.47. The summed E-state index contributed by atoms with van der Waals surface area (Å²) in [7, 11) is 0. The molecule has 0 aliphatic heterocycles. The first-order chi connectivity index (χ1) is 9.06. The van der Waals surface area contributed by atoms with E-state index in [-0.39, 0.29) is 0 Å². The Bertz CT molecular complexity index is 583. The number of aryl methyl sites for hydroxylation is 1. The molecule has 0 N–H and O–H groups in total. The van der Waals surface area contributed by atoms with Crippen molar-refractivity contribution in [2.24, 2.45) is 0 Å². The van der Waals surface area contributed by atoms with Crippen LogP contribution in [-0.4, -0.2) is 0 Å². The Labute approximate surface area is 115 Å². The van der Waals surface area contributed by atoms with Crippen molar-refractivity contribution in [3.63, 3.8) is 0 Å². The second kappa shape index (κ2) is 5.28. The highest BCUT2D eigenvalue weighted by molar-refractivity contribution is 5.64. The Kier molecular flexibility index (Phi) is 3.71. The molecule has 2 rings (SSSR count). The number of rotatable bonds is 3. The maximum Gasteiger partial charge on any atom is 0.0766 e. The van der Waals surface area contributed by atoms with Crippen LogP contribution in [0.2, 0.25) is 0 Å². The molecule has 0 saturated carbocycles. The van der Waals surface area contributed by atoms with Crippen molar-refractivity contribution in [1.29, 1.82) is 5.26 Å². The van der Waals surface area contributed by atoms with Crippen LogP contribution < -0.4 is 0 Å². The van der Waals surface area contributed by atoms with E-state index in [0.717, 1.165) is 12.0 Å². The van der Waals surface area contributed by atoms with Crippen LogP contribution in [0.1, 0.15) is 31.9 Å². The van der Waals surface area contributed by atoms with Gasteiger partial charge in [0.1, 0.15) is 0 Å². The second-order valence-electron chi connectivity index (χ2n) is 5.36. The molecule has 0 aliphatic rings. The zero-order valence-corrected chi connectivity index (χ0v) is 11.8. The Morgan fingerprint density at radius 3 is 1.79 bits per heavy atom. The summed E-state index contributed by atoms with van der Waals surface area (Å²) in [5.41, 5.74) is 4.40. The lowest BCUT2D eigenvalue weighted by atomic mass is 9.85. The van der Waals surface area contributed by atoms with E-state index in [9.17, 15) is 0 Å². The van der Waals surface area contributed by atoms with Crippen LogP contribution in [0.25, 0.3) is 11.1 Å². The summed E-state index contributed by atoms with van der Waals surface area (Å²) in [5.74, 6) is 0. The van der Waals surface area contributed by atoms with Crippen LogP contribution in [0, 0.1) is 11.3 Å². The van der Waals surface area contributed by atoms with E-state index < -0.39 is 5.41 Å². The van der Waals surface area contributed by atoms with Gasteiger partial charge < -0.3 is 0 Å². The highest BCUT2D eigenvalue weighted by atomic mass is 14.3. The Morgan fingerprint density at radius 2 is 1.37 bits per heavy atom. The molecule has 0 heterocycles. The standard InChI is InChI=1S/C18H19N/c1-4-14-5-7-15(8-6-14)16-9-11-17(12-10-16)18(2,3)13-19/h5-12H,4H2,1-3H3. The minimum atomic E-state index is -0.426. The molecule has 19 heavy (non-hydrogen) atoms. The SMILES string of the molecule is CCc1ccc(-c2ccc(C(C)(C)C#N)cc2)cc1. The third kappa shape index (κ3) is 2.85. The van der Waals surface area contributed by atoms with Gasteiger partial charge in [0.15, 0.2) is 0 Å². The highest BCUT2D eigenvalue weighted by Gasteiger charge is 2.19. The number of benzene rings is 2. The molecule has 0 aliphatic carbocycles. The van der Waals surface area contributed by atoms with Crippen LogP contribution in [0.3, 0.4) is 0 Å². The summed E-state index contributed by atoms with van der Waals surface area (Å²) in [6.45, 7) is 6.05. The van der Waals surface area contributed by atoms with Gasteiger partial charge in [-0.3, -0.25) is 0 Å². The van der Waals surface area contributed by atoms with Crippen molar-refractivity contribution in [3.05, 3.63) is 59.7 Å². The Hall–Kier alpha value is -2.07. The smallest absolute Gasteiger partial charge is 0.0766 e. The van der Waals surface area contributed by atoms with Gasteiger partial charge in [-0.15, -0.1) is 0 Å². The van der Waals surface area contributed by atoms with Crippen LogP contribution in [0.5, 0.6) is 0 Å². The van der Waals surface area contributed by atoms with Crippen molar-refractivity contribution >= 4 is 0 Å². The quantitative estimate of drug-likeness (QED) is 0.772. The van der Waals surface area contributed by atoms with E-state index >= 15 is 0 Å².